The fourth-order valence-electron chi connectivity index (χ4n) is 0. The van der Waals surface area contributed by atoms with Crippen molar-refractivity contribution in [2.24, 2.45) is 0 Å². The summed E-state index contributed by atoms with van der Waals surface area (Å²) in [7, 11) is 0. The zero-order valence-corrected chi connectivity index (χ0v) is 6.86. The van der Waals surface area contributed by atoms with Gasteiger partial charge in [0.1, 0.15) is 0 Å². The van der Waals surface area contributed by atoms with Gasteiger partial charge in [-0.25, -0.2) is 0 Å². The summed E-state index contributed by atoms with van der Waals surface area (Å²) >= 11 is 19.8. The minimum atomic E-state index is -3.26. The second-order valence-corrected chi connectivity index (χ2v) is 7.54. The van der Waals surface area contributed by atoms with Crippen LogP contribution in [0.15, 0.2) is 0 Å². The maximum Gasteiger partial charge on any atom is 0.284 e. The van der Waals surface area contributed by atoms with E-state index in [-0.39, 0.29) is 0 Å². The molecule has 0 N–H and O–H groups in total. The third kappa shape index (κ3) is 3.93. The Balaban J connectivity index is 3.80. The lowest BCUT2D eigenvalue weighted by Gasteiger charge is -1.97. The van der Waals surface area contributed by atoms with Crippen LogP contribution in [-0.4, -0.2) is 4.58 Å². The van der Waals surface area contributed by atoms with Crippen molar-refractivity contribution in [3.05, 3.63) is 0 Å². The standard InChI is InChI=1S/CHCl4OP/c2-1(3)7(4,5)6/h1H. The normalized spacial score (nSPS) is 12.7. The molecule has 0 spiro atoms. The van der Waals surface area contributed by atoms with Gasteiger partial charge in [0.05, 0.1) is 0 Å². The van der Waals surface area contributed by atoms with E-state index in [9.17, 15) is 4.57 Å². The Morgan fingerprint density at radius 1 is 1.29 bits per heavy atom. The molecule has 6 heteroatoms. The van der Waals surface area contributed by atoms with Crippen molar-refractivity contribution in [3.63, 3.8) is 0 Å². The first-order valence-corrected chi connectivity index (χ1v) is 5.67. The zero-order chi connectivity index (χ0) is 6.08. The molecule has 0 saturated heterocycles. The molecular formula is CHCl4OP. The molecular weight excluding hydrogens is 201 g/mol. The van der Waals surface area contributed by atoms with E-state index in [4.69, 9.17) is 45.7 Å². The van der Waals surface area contributed by atoms with Crippen molar-refractivity contribution in [3.8, 4) is 0 Å². The largest absolute Gasteiger partial charge is 0.286 e. The molecule has 0 aliphatic rings. The van der Waals surface area contributed by atoms with Crippen molar-refractivity contribution in [1.29, 1.82) is 0 Å². The zero-order valence-electron chi connectivity index (χ0n) is 2.94. The lowest BCUT2D eigenvalue weighted by Crippen LogP contribution is -1.72. The van der Waals surface area contributed by atoms with Gasteiger partial charge in [-0.1, -0.05) is 23.2 Å². The summed E-state index contributed by atoms with van der Waals surface area (Å²) < 4.78 is 9.01. The Hall–Kier alpha value is 1.39. The van der Waals surface area contributed by atoms with Crippen LogP contribution in [0.2, 0.25) is 0 Å². The van der Waals surface area contributed by atoms with Gasteiger partial charge in [-0.05, 0) is 22.5 Å². The summed E-state index contributed by atoms with van der Waals surface area (Å²) in [6.45, 7) is 0. The molecule has 0 saturated carbocycles. The maximum absolute atomic E-state index is 10.2. The molecule has 0 unspecified atom stereocenters. The van der Waals surface area contributed by atoms with E-state index in [0.29, 0.717) is 0 Å². The van der Waals surface area contributed by atoms with Gasteiger partial charge in [-0.3, -0.25) is 4.57 Å². The monoisotopic (exact) mass is 200 g/mol. The molecule has 0 heterocycles. The first-order chi connectivity index (χ1) is 2.94. The number of hydrogen-bond donors (Lipinski definition) is 0. The molecule has 0 fully saturated rings. The van der Waals surface area contributed by atoms with Crippen LogP contribution in [-0.2, 0) is 4.57 Å². The van der Waals surface area contributed by atoms with Crippen LogP contribution >= 0.6 is 51.5 Å². The highest BCUT2D eigenvalue weighted by Crippen LogP contribution is 2.63. The molecule has 44 valence electrons. The molecule has 0 aliphatic heterocycles. The van der Waals surface area contributed by atoms with Crippen LogP contribution in [0, 0.1) is 0 Å². The van der Waals surface area contributed by atoms with E-state index in [1.54, 1.807) is 0 Å². The third-order valence-corrected chi connectivity index (χ3v) is 4.70. The minimum Gasteiger partial charge on any atom is -0.286 e. The molecule has 0 radical (unpaired) electrons. The molecule has 0 bridgehead atoms. The SMILES string of the molecule is O=P(Cl)(Cl)C(Cl)Cl. The molecule has 0 aliphatic carbocycles. The van der Waals surface area contributed by atoms with Crippen molar-refractivity contribution in [2.75, 3.05) is 0 Å². The Bertz CT molecular complexity index is 93.9. The average Bonchev–Trinajstić information content (AvgIpc) is 1.31. The number of hydrogen-bond acceptors (Lipinski definition) is 1. The Labute approximate surface area is 60.8 Å². The van der Waals surface area contributed by atoms with Gasteiger partial charge in [-0.15, -0.1) is 0 Å². The average molecular weight is 202 g/mol. The lowest BCUT2D eigenvalue weighted by molar-refractivity contribution is 0.594. The van der Waals surface area contributed by atoms with Crippen LogP contribution < -0.4 is 0 Å². The van der Waals surface area contributed by atoms with Crippen LogP contribution in [0.1, 0.15) is 0 Å². The third-order valence-electron chi connectivity index (χ3n) is 0.227. The predicted molar refractivity (Wildman–Crippen MR) is 34.8 cm³/mol. The number of halogens is 4. The molecule has 0 aromatic rings. The summed E-state index contributed by atoms with van der Waals surface area (Å²) in [6.07, 6.45) is 0. The fraction of sp³-hybridized carbons (Fsp3) is 1.00. The van der Waals surface area contributed by atoms with E-state index >= 15 is 0 Å². The van der Waals surface area contributed by atoms with E-state index in [1.807, 2.05) is 0 Å². The molecule has 1 nitrogen and oxygen atoms in total. The Kier molecular flexibility index (Phi) is 3.35. The van der Waals surface area contributed by atoms with Crippen LogP contribution in [0.25, 0.3) is 0 Å². The summed E-state index contributed by atoms with van der Waals surface area (Å²) in [5.74, 6) is -3.26. The quantitative estimate of drug-likeness (QED) is 0.470. The summed E-state index contributed by atoms with van der Waals surface area (Å²) in [5, 5.41) is 0. The summed E-state index contributed by atoms with van der Waals surface area (Å²) in [6, 6.07) is 0. The first-order valence-electron chi connectivity index (χ1n) is 1.22. The Morgan fingerprint density at radius 2 is 1.43 bits per heavy atom. The van der Waals surface area contributed by atoms with Gasteiger partial charge in [0.2, 0.25) is 0 Å². The Morgan fingerprint density at radius 3 is 1.43 bits per heavy atom. The van der Waals surface area contributed by atoms with Gasteiger partial charge >= 0.3 is 0 Å². The van der Waals surface area contributed by atoms with E-state index in [2.05, 4.69) is 0 Å². The van der Waals surface area contributed by atoms with Gasteiger partial charge in [0, 0.05) is 0 Å². The summed E-state index contributed by atoms with van der Waals surface area (Å²) in [5.41, 5.74) is 0. The second kappa shape index (κ2) is 2.80. The second-order valence-electron chi connectivity index (χ2n) is 0.780. The van der Waals surface area contributed by atoms with Crippen molar-refractivity contribution < 1.29 is 4.57 Å². The highest BCUT2D eigenvalue weighted by molar-refractivity contribution is 8.10. The van der Waals surface area contributed by atoms with Crippen molar-refractivity contribution >= 4 is 51.5 Å². The van der Waals surface area contributed by atoms with Gasteiger partial charge in [0.15, 0.2) is 4.58 Å². The maximum atomic E-state index is 10.2. The number of alkyl halides is 2. The molecule has 0 atom stereocenters. The molecule has 0 aromatic carbocycles. The molecule has 0 amide bonds. The highest BCUT2D eigenvalue weighted by atomic mass is 35.9. The molecule has 7 heavy (non-hydrogen) atoms. The van der Waals surface area contributed by atoms with E-state index in [1.165, 1.54) is 0 Å². The summed E-state index contributed by atoms with van der Waals surface area (Å²) in [4.78, 5) is 0. The van der Waals surface area contributed by atoms with Crippen LogP contribution in [0.4, 0.5) is 0 Å². The lowest BCUT2D eigenvalue weighted by atomic mass is 11.9. The van der Waals surface area contributed by atoms with E-state index < -0.39 is 10.4 Å². The molecule has 0 rings (SSSR count). The molecule has 0 aromatic heterocycles. The fourth-order valence-corrected chi connectivity index (χ4v) is 0. The van der Waals surface area contributed by atoms with Crippen molar-refractivity contribution in [1.82, 2.24) is 0 Å². The van der Waals surface area contributed by atoms with Gasteiger partial charge in [-0.2, -0.15) is 0 Å². The first kappa shape index (κ1) is 8.39. The van der Waals surface area contributed by atoms with Crippen molar-refractivity contribution in [2.45, 2.75) is 4.58 Å². The minimum absolute atomic E-state index is 1.17. The topological polar surface area (TPSA) is 17.1 Å². The van der Waals surface area contributed by atoms with E-state index in [0.717, 1.165) is 0 Å². The number of rotatable bonds is 1. The highest BCUT2D eigenvalue weighted by Gasteiger charge is 2.22. The predicted octanol–water partition coefficient (Wildman–Crippen LogP) is 3.42. The van der Waals surface area contributed by atoms with Gasteiger partial charge < -0.3 is 0 Å². The smallest absolute Gasteiger partial charge is 0.284 e. The van der Waals surface area contributed by atoms with Gasteiger partial charge in [0.25, 0.3) is 5.85 Å². The van der Waals surface area contributed by atoms with Crippen LogP contribution in [0.3, 0.4) is 0 Å². The van der Waals surface area contributed by atoms with Crippen LogP contribution in [0.5, 0.6) is 0 Å².